The highest BCUT2D eigenvalue weighted by atomic mass is 35.5. The fourth-order valence-corrected chi connectivity index (χ4v) is 6.51. The Kier molecular flexibility index (Phi) is 6.55. The minimum absolute atomic E-state index is 0.0183. The second kappa shape index (κ2) is 9.68. The second-order valence-electron chi connectivity index (χ2n) is 8.87. The van der Waals surface area contributed by atoms with Gasteiger partial charge in [0.05, 0.1) is 54.1 Å². The largest absolute Gasteiger partial charge is 0.493 e. The summed E-state index contributed by atoms with van der Waals surface area (Å²) in [5.41, 5.74) is 3.14. The number of fused-ring (bicyclic) bond motifs is 1. The van der Waals surface area contributed by atoms with Gasteiger partial charge in [-0.1, -0.05) is 17.7 Å². The van der Waals surface area contributed by atoms with Crippen LogP contribution < -0.4 is 14.8 Å². The summed E-state index contributed by atoms with van der Waals surface area (Å²) >= 11 is 6.11. The van der Waals surface area contributed by atoms with Crippen LogP contribution in [0.4, 0.5) is 5.69 Å². The third-order valence-electron chi connectivity index (χ3n) is 6.40. The molecule has 1 saturated heterocycles. The lowest BCUT2D eigenvalue weighted by molar-refractivity contribution is 0.102. The van der Waals surface area contributed by atoms with Crippen LogP contribution in [0, 0.1) is 6.92 Å². The summed E-state index contributed by atoms with van der Waals surface area (Å²) in [6.07, 6.45) is 0.435. The molecule has 1 atom stereocenters. The molecular weight excluding hydrogens is 516 g/mol. The second-order valence-corrected chi connectivity index (χ2v) is 11.5. The molecule has 37 heavy (non-hydrogen) atoms. The molecular formula is C26H25ClN4O5S. The number of benzene rings is 2. The zero-order valence-corrected chi connectivity index (χ0v) is 22.1. The van der Waals surface area contributed by atoms with Gasteiger partial charge in [0.2, 0.25) is 0 Å². The molecule has 1 fully saturated rings. The summed E-state index contributed by atoms with van der Waals surface area (Å²) in [7, 11) is -0.0686. The van der Waals surface area contributed by atoms with Gasteiger partial charge in [0.15, 0.2) is 27.0 Å². The minimum atomic E-state index is -3.16. The molecule has 0 radical (unpaired) electrons. The lowest BCUT2D eigenvalue weighted by Gasteiger charge is -2.13. The van der Waals surface area contributed by atoms with E-state index in [-0.39, 0.29) is 23.5 Å². The lowest BCUT2D eigenvalue weighted by Crippen LogP contribution is -2.15. The van der Waals surface area contributed by atoms with Gasteiger partial charge in [0, 0.05) is 16.3 Å². The SMILES string of the molecule is COc1ccc(-c2cc(C(=O)Nc3cccc(Cl)c3)c3c(C)nn(C4CCS(=O)(=O)C4)c3n2)cc1OC. The van der Waals surface area contributed by atoms with Crippen molar-refractivity contribution in [1.82, 2.24) is 14.8 Å². The number of halogens is 1. The number of hydrogen-bond acceptors (Lipinski definition) is 7. The van der Waals surface area contributed by atoms with Crippen LogP contribution in [-0.2, 0) is 9.84 Å². The predicted molar refractivity (Wildman–Crippen MR) is 143 cm³/mol. The number of pyridine rings is 1. The van der Waals surface area contributed by atoms with Gasteiger partial charge in [-0.3, -0.25) is 4.79 Å². The predicted octanol–water partition coefficient (Wildman–Crippen LogP) is 4.69. The molecule has 4 aromatic rings. The summed E-state index contributed by atoms with van der Waals surface area (Å²) in [4.78, 5) is 18.4. The number of anilines is 1. The van der Waals surface area contributed by atoms with Gasteiger partial charge < -0.3 is 14.8 Å². The van der Waals surface area contributed by atoms with E-state index in [0.29, 0.717) is 62.2 Å². The van der Waals surface area contributed by atoms with E-state index in [1.165, 1.54) is 0 Å². The molecule has 2 aromatic heterocycles. The summed E-state index contributed by atoms with van der Waals surface area (Å²) in [6, 6.07) is 13.6. The Morgan fingerprint density at radius 1 is 1.11 bits per heavy atom. The Morgan fingerprint density at radius 3 is 2.57 bits per heavy atom. The first-order chi connectivity index (χ1) is 17.7. The minimum Gasteiger partial charge on any atom is -0.493 e. The number of aryl methyl sites for hydroxylation is 1. The van der Waals surface area contributed by atoms with Gasteiger partial charge in [-0.2, -0.15) is 5.10 Å². The molecule has 1 unspecified atom stereocenters. The molecule has 1 aliphatic rings. The smallest absolute Gasteiger partial charge is 0.256 e. The third kappa shape index (κ3) is 4.86. The Bertz CT molecular complexity index is 1630. The Balaban J connectivity index is 1.69. The summed E-state index contributed by atoms with van der Waals surface area (Å²) in [5.74, 6) is 0.783. The average Bonchev–Trinajstić information content (AvgIpc) is 3.41. The van der Waals surface area contributed by atoms with Gasteiger partial charge in [-0.05, 0) is 55.8 Å². The fraction of sp³-hybridized carbons (Fsp3) is 0.269. The van der Waals surface area contributed by atoms with Crippen molar-refractivity contribution in [3.63, 3.8) is 0 Å². The molecule has 2 aromatic carbocycles. The number of ether oxygens (including phenoxy) is 2. The van der Waals surface area contributed by atoms with Crippen LogP contribution in [0.3, 0.4) is 0 Å². The van der Waals surface area contributed by atoms with Crippen molar-refractivity contribution < 1.29 is 22.7 Å². The Hall–Kier alpha value is -3.63. The quantitative estimate of drug-likeness (QED) is 0.377. The molecule has 1 N–H and O–H groups in total. The van der Waals surface area contributed by atoms with Crippen LogP contribution in [0.2, 0.25) is 5.02 Å². The van der Waals surface area contributed by atoms with Crippen LogP contribution >= 0.6 is 11.6 Å². The third-order valence-corrected chi connectivity index (χ3v) is 8.38. The number of sulfone groups is 1. The topological polar surface area (TPSA) is 112 Å². The number of hydrogen-bond donors (Lipinski definition) is 1. The number of nitrogens with one attached hydrogen (secondary N) is 1. The van der Waals surface area contributed by atoms with E-state index in [0.717, 1.165) is 0 Å². The molecule has 0 aliphatic carbocycles. The molecule has 0 spiro atoms. The molecule has 1 aliphatic heterocycles. The number of rotatable bonds is 6. The molecule has 0 bridgehead atoms. The van der Waals surface area contributed by atoms with E-state index in [4.69, 9.17) is 26.1 Å². The monoisotopic (exact) mass is 540 g/mol. The number of amides is 1. The molecule has 5 rings (SSSR count). The summed E-state index contributed by atoms with van der Waals surface area (Å²) in [5, 5.41) is 8.60. The first-order valence-electron chi connectivity index (χ1n) is 11.6. The van der Waals surface area contributed by atoms with Gasteiger partial charge >= 0.3 is 0 Å². The summed E-state index contributed by atoms with van der Waals surface area (Å²) < 4.78 is 36.9. The highest BCUT2D eigenvalue weighted by molar-refractivity contribution is 7.91. The van der Waals surface area contributed by atoms with Gasteiger partial charge in [0.1, 0.15) is 0 Å². The van der Waals surface area contributed by atoms with Crippen LogP contribution in [0.15, 0.2) is 48.5 Å². The number of carbonyl (C=O) groups excluding carboxylic acids is 1. The van der Waals surface area contributed by atoms with E-state index < -0.39 is 9.84 Å². The maximum Gasteiger partial charge on any atom is 0.256 e. The standard InChI is InChI=1S/C26H25ClN4O5S/c1-15-24-20(26(32)28-18-6-4-5-17(27)12-18)13-21(16-7-8-22(35-2)23(11-16)36-3)29-25(24)31(30-15)19-9-10-37(33,34)14-19/h4-8,11-13,19H,9-10,14H2,1-3H3,(H,28,32). The first kappa shape index (κ1) is 25.0. The zero-order chi connectivity index (χ0) is 26.3. The average molecular weight is 541 g/mol. The van der Waals surface area contributed by atoms with Crippen molar-refractivity contribution in [2.75, 3.05) is 31.0 Å². The van der Waals surface area contributed by atoms with E-state index in [2.05, 4.69) is 10.4 Å². The van der Waals surface area contributed by atoms with Crippen molar-refractivity contribution in [2.24, 2.45) is 0 Å². The van der Waals surface area contributed by atoms with Crippen LogP contribution in [0.1, 0.15) is 28.5 Å². The molecule has 0 saturated carbocycles. The van der Waals surface area contributed by atoms with E-state index >= 15 is 0 Å². The van der Waals surface area contributed by atoms with Crippen LogP contribution in [0.5, 0.6) is 11.5 Å². The fourth-order valence-electron chi connectivity index (χ4n) is 4.62. The molecule has 1 amide bonds. The molecule has 3 heterocycles. The van der Waals surface area contributed by atoms with Gasteiger partial charge in [-0.15, -0.1) is 0 Å². The molecule has 11 heteroatoms. The molecule has 9 nitrogen and oxygen atoms in total. The van der Waals surface area contributed by atoms with Gasteiger partial charge in [0.25, 0.3) is 5.91 Å². The van der Waals surface area contributed by atoms with Crippen molar-refractivity contribution >= 4 is 44.1 Å². The van der Waals surface area contributed by atoms with Crippen molar-refractivity contribution in [2.45, 2.75) is 19.4 Å². The Morgan fingerprint density at radius 2 is 1.89 bits per heavy atom. The van der Waals surface area contributed by atoms with Crippen LogP contribution in [0.25, 0.3) is 22.3 Å². The molecule has 192 valence electrons. The number of carbonyl (C=O) groups is 1. The first-order valence-corrected chi connectivity index (χ1v) is 13.8. The lowest BCUT2D eigenvalue weighted by atomic mass is 10.0. The van der Waals surface area contributed by atoms with Crippen LogP contribution in [-0.4, -0.2) is 54.8 Å². The van der Waals surface area contributed by atoms with E-state index in [9.17, 15) is 13.2 Å². The normalized spacial score (nSPS) is 16.6. The number of nitrogens with zero attached hydrogens (tertiary/aromatic N) is 3. The number of methoxy groups -OCH3 is 2. The zero-order valence-electron chi connectivity index (χ0n) is 20.5. The van der Waals surface area contributed by atoms with Crippen molar-refractivity contribution in [1.29, 1.82) is 0 Å². The number of aromatic nitrogens is 3. The van der Waals surface area contributed by atoms with E-state index in [1.54, 1.807) is 68.3 Å². The van der Waals surface area contributed by atoms with Crippen molar-refractivity contribution in [3.05, 3.63) is 64.8 Å². The van der Waals surface area contributed by atoms with Crippen molar-refractivity contribution in [3.8, 4) is 22.8 Å². The maximum atomic E-state index is 13.6. The Labute approximate surface area is 219 Å². The summed E-state index contributed by atoms with van der Waals surface area (Å²) in [6.45, 7) is 1.79. The maximum absolute atomic E-state index is 13.6. The van der Waals surface area contributed by atoms with E-state index in [1.807, 2.05) is 6.07 Å². The highest BCUT2D eigenvalue weighted by Gasteiger charge is 2.32. The highest BCUT2D eigenvalue weighted by Crippen LogP contribution is 2.35. The van der Waals surface area contributed by atoms with Gasteiger partial charge in [-0.25, -0.2) is 18.1 Å².